The SMILES string of the molecule is Cc1nnc(NC(=O)[C@@H]2CN(c3ccccn3)C[C@H]2C)n1C1CC1. The fourth-order valence-corrected chi connectivity index (χ4v) is 3.46. The quantitative estimate of drug-likeness (QED) is 0.930. The third kappa shape index (κ3) is 2.74. The number of aromatic nitrogens is 4. The van der Waals surface area contributed by atoms with Crippen molar-refractivity contribution in [2.75, 3.05) is 23.3 Å². The highest BCUT2D eigenvalue weighted by molar-refractivity contribution is 5.92. The third-order valence-corrected chi connectivity index (χ3v) is 4.94. The molecule has 0 unspecified atom stereocenters. The van der Waals surface area contributed by atoms with Crippen molar-refractivity contribution in [2.45, 2.75) is 32.7 Å². The lowest BCUT2D eigenvalue weighted by molar-refractivity contribution is -0.120. The molecule has 2 atom stereocenters. The van der Waals surface area contributed by atoms with E-state index in [0.29, 0.717) is 18.5 Å². The second kappa shape index (κ2) is 5.89. The predicted molar refractivity (Wildman–Crippen MR) is 90.8 cm³/mol. The lowest BCUT2D eigenvalue weighted by Gasteiger charge is -2.17. The van der Waals surface area contributed by atoms with E-state index in [4.69, 9.17) is 0 Å². The van der Waals surface area contributed by atoms with E-state index in [2.05, 4.69) is 32.3 Å². The number of hydrogen-bond donors (Lipinski definition) is 1. The summed E-state index contributed by atoms with van der Waals surface area (Å²) in [6.45, 7) is 5.57. The maximum absolute atomic E-state index is 12.8. The molecule has 0 spiro atoms. The van der Waals surface area contributed by atoms with Crippen LogP contribution in [0.25, 0.3) is 0 Å². The largest absolute Gasteiger partial charge is 0.356 e. The number of rotatable bonds is 4. The predicted octanol–water partition coefficient (Wildman–Crippen LogP) is 2.03. The standard InChI is InChI=1S/C17H22N6O/c1-11-9-22(15-5-3-4-8-18-15)10-14(11)16(24)19-17-21-20-12(2)23(17)13-6-7-13/h3-5,8,11,13-14H,6-7,9-10H2,1-2H3,(H,19,21,24)/t11-,14-/m1/s1. The number of carbonyl (C=O) groups is 1. The Balaban J connectivity index is 1.47. The summed E-state index contributed by atoms with van der Waals surface area (Å²) in [5.74, 6) is 2.60. The van der Waals surface area contributed by atoms with E-state index in [1.165, 1.54) is 0 Å². The Kier molecular flexibility index (Phi) is 3.70. The minimum absolute atomic E-state index is 0.0234. The summed E-state index contributed by atoms with van der Waals surface area (Å²) >= 11 is 0. The fraction of sp³-hybridized carbons (Fsp3) is 0.529. The van der Waals surface area contributed by atoms with Gasteiger partial charge in [-0.05, 0) is 37.8 Å². The third-order valence-electron chi connectivity index (χ3n) is 4.94. The van der Waals surface area contributed by atoms with Gasteiger partial charge in [-0.25, -0.2) is 4.98 Å². The first-order valence-electron chi connectivity index (χ1n) is 8.52. The maximum Gasteiger partial charge on any atom is 0.231 e. The highest BCUT2D eigenvalue weighted by atomic mass is 16.2. The van der Waals surface area contributed by atoms with Crippen molar-refractivity contribution in [3.8, 4) is 0 Å². The maximum atomic E-state index is 12.8. The van der Waals surface area contributed by atoms with Crippen LogP contribution in [0.3, 0.4) is 0 Å². The molecule has 1 aliphatic carbocycles. The van der Waals surface area contributed by atoms with Crippen molar-refractivity contribution in [1.29, 1.82) is 0 Å². The number of amides is 1. The Labute approximate surface area is 141 Å². The lowest BCUT2D eigenvalue weighted by Crippen LogP contribution is -2.30. The summed E-state index contributed by atoms with van der Waals surface area (Å²) in [4.78, 5) is 19.3. The second-order valence-corrected chi connectivity index (χ2v) is 6.84. The molecule has 1 N–H and O–H groups in total. The Hall–Kier alpha value is -2.44. The number of anilines is 2. The topological polar surface area (TPSA) is 75.9 Å². The van der Waals surface area contributed by atoms with Crippen LogP contribution in [0, 0.1) is 18.8 Å². The van der Waals surface area contributed by atoms with Gasteiger partial charge in [0.1, 0.15) is 11.6 Å². The molecule has 2 fully saturated rings. The van der Waals surface area contributed by atoms with Gasteiger partial charge >= 0.3 is 0 Å². The number of carbonyl (C=O) groups excluding carboxylic acids is 1. The first-order valence-corrected chi connectivity index (χ1v) is 8.52. The molecule has 0 radical (unpaired) electrons. The minimum Gasteiger partial charge on any atom is -0.356 e. The van der Waals surface area contributed by atoms with E-state index in [9.17, 15) is 4.79 Å². The molecule has 1 saturated carbocycles. The van der Waals surface area contributed by atoms with E-state index >= 15 is 0 Å². The minimum atomic E-state index is -0.0725. The van der Waals surface area contributed by atoms with Crippen LogP contribution in [0.4, 0.5) is 11.8 Å². The number of nitrogens with zero attached hydrogens (tertiary/aromatic N) is 5. The van der Waals surface area contributed by atoms with Crippen LogP contribution < -0.4 is 10.2 Å². The number of pyridine rings is 1. The zero-order chi connectivity index (χ0) is 16.7. The zero-order valence-electron chi connectivity index (χ0n) is 14.0. The van der Waals surface area contributed by atoms with Crippen molar-refractivity contribution in [3.05, 3.63) is 30.2 Å². The highest BCUT2D eigenvalue weighted by Crippen LogP contribution is 2.38. The second-order valence-electron chi connectivity index (χ2n) is 6.84. The fourth-order valence-electron chi connectivity index (χ4n) is 3.46. The zero-order valence-corrected chi connectivity index (χ0v) is 14.0. The normalized spacial score (nSPS) is 23.5. The van der Waals surface area contributed by atoms with Gasteiger partial charge in [0, 0.05) is 25.3 Å². The molecule has 7 nitrogen and oxygen atoms in total. The summed E-state index contributed by atoms with van der Waals surface area (Å²) in [6.07, 6.45) is 4.05. The molecular formula is C17H22N6O. The average molecular weight is 326 g/mol. The molecule has 2 aliphatic rings. The molecule has 0 bridgehead atoms. The van der Waals surface area contributed by atoms with Gasteiger partial charge in [-0.15, -0.1) is 10.2 Å². The molecule has 7 heteroatoms. The monoisotopic (exact) mass is 326 g/mol. The van der Waals surface area contributed by atoms with Crippen molar-refractivity contribution < 1.29 is 4.79 Å². The molecule has 24 heavy (non-hydrogen) atoms. The number of nitrogens with one attached hydrogen (secondary N) is 1. The van der Waals surface area contributed by atoms with Crippen molar-refractivity contribution in [3.63, 3.8) is 0 Å². The summed E-state index contributed by atoms with van der Waals surface area (Å²) in [6, 6.07) is 6.31. The summed E-state index contributed by atoms with van der Waals surface area (Å²) in [7, 11) is 0. The van der Waals surface area contributed by atoms with E-state index in [-0.39, 0.29) is 17.7 Å². The Bertz CT molecular complexity index is 739. The van der Waals surface area contributed by atoms with E-state index < -0.39 is 0 Å². The van der Waals surface area contributed by atoms with Crippen molar-refractivity contribution in [1.82, 2.24) is 19.7 Å². The van der Waals surface area contributed by atoms with E-state index in [1.54, 1.807) is 6.20 Å². The molecule has 2 aromatic heterocycles. The summed E-state index contributed by atoms with van der Waals surface area (Å²) in [5, 5.41) is 11.3. The Morgan fingerprint density at radius 1 is 1.25 bits per heavy atom. The van der Waals surface area contributed by atoms with Crippen LogP contribution in [0.15, 0.2) is 24.4 Å². The van der Waals surface area contributed by atoms with Crippen molar-refractivity contribution in [2.24, 2.45) is 11.8 Å². The molecule has 3 heterocycles. The van der Waals surface area contributed by atoms with Gasteiger partial charge in [0.15, 0.2) is 0 Å². The highest BCUT2D eigenvalue weighted by Gasteiger charge is 2.36. The van der Waals surface area contributed by atoms with Crippen molar-refractivity contribution >= 4 is 17.7 Å². The Morgan fingerprint density at radius 2 is 2.08 bits per heavy atom. The molecule has 126 valence electrons. The van der Waals surface area contributed by atoms with Crippen LogP contribution in [0.1, 0.15) is 31.6 Å². The molecule has 1 saturated heterocycles. The van der Waals surface area contributed by atoms with Crippen LogP contribution in [-0.2, 0) is 4.79 Å². The van der Waals surface area contributed by atoms with Crippen LogP contribution >= 0.6 is 0 Å². The average Bonchev–Trinajstić information content (AvgIpc) is 3.24. The van der Waals surface area contributed by atoms with Gasteiger partial charge in [-0.3, -0.25) is 14.7 Å². The number of hydrogen-bond acceptors (Lipinski definition) is 5. The Morgan fingerprint density at radius 3 is 2.79 bits per heavy atom. The van der Waals surface area contributed by atoms with E-state index in [0.717, 1.165) is 31.0 Å². The molecule has 1 amide bonds. The van der Waals surface area contributed by atoms with Crippen LogP contribution in [-0.4, -0.2) is 38.7 Å². The molecule has 4 rings (SSSR count). The van der Waals surface area contributed by atoms with Gasteiger partial charge in [0.05, 0.1) is 5.92 Å². The van der Waals surface area contributed by atoms with Gasteiger partial charge in [-0.2, -0.15) is 0 Å². The van der Waals surface area contributed by atoms with Gasteiger partial charge < -0.3 is 4.90 Å². The first-order chi connectivity index (χ1) is 11.6. The molecule has 2 aromatic rings. The van der Waals surface area contributed by atoms with Crippen LogP contribution in [0.5, 0.6) is 0 Å². The number of aryl methyl sites for hydroxylation is 1. The van der Waals surface area contributed by atoms with Gasteiger partial charge in [-0.1, -0.05) is 13.0 Å². The van der Waals surface area contributed by atoms with E-state index in [1.807, 2.05) is 29.7 Å². The van der Waals surface area contributed by atoms with Crippen LogP contribution in [0.2, 0.25) is 0 Å². The summed E-state index contributed by atoms with van der Waals surface area (Å²) < 4.78 is 2.05. The molecule has 0 aromatic carbocycles. The van der Waals surface area contributed by atoms with Gasteiger partial charge in [0.2, 0.25) is 11.9 Å². The molecular weight excluding hydrogens is 304 g/mol. The summed E-state index contributed by atoms with van der Waals surface area (Å²) in [5.41, 5.74) is 0. The molecule has 1 aliphatic heterocycles. The lowest BCUT2D eigenvalue weighted by atomic mass is 9.97. The smallest absolute Gasteiger partial charge is 0.231 e. The first kappa shape index (κ1) is 15.1. The van der Waals surface area contributed by atoms with Gasteiger partial charge in [0.25, 0.3) is 0 Å².